The molecule has 0 radical (unpaired) electrons. The standard InChI is InChI=1S/C14H15N5O2S/c1-4-9-7-10-13(22-9)16-8(2)19(14(10)21)17-12(20)11-5-6-15-18(11)3/h5-7H,4H2,1-3H3,(H,17,20). The summed E-state index contributed by atoms with van der Waals surface area (Å²) < 4.78 is 2.63. The number of carbonyl (C=O) groups excluding carboxylic acids is 1. The van der Waals surface area contributed by atoms with E-state index in [2.05, 4.69) is 15.5 Å². The monoisotopic (exact) mass is 317 g/mol. The van der Waals surface area contributed by atoms with Gasteiger partial charge in [-0.2, -0.15) is 5.10 Å². The Balaban J connectivity index is 2.05. The molecule has 0 aliphatic rings. The number of hydrogen-bond donors (Lipinski definition) is 1. The molecule has 22 heavy (non-hydrogen) atoms. The van der Waals surface area contributed by atoms with Crippen LogP contribution in [-0.4, -0.2) is 25.3 Å². The second-order valence-corrected chi connectivity index (χ2v) is 5.98. The van der Waals surface area contributed by atoms with Gasteiger partial charge in [0.15, 0.2) is 0 Å². The maximum absolute atomic E-state index is 12.6. The Morgan fingerprint density at radius 1 is 1.45 bits per heavy atom. The molecule has 3 heterocycles. The van der Waals surface area contributed by atoms with E-state index >= 15 is 0 Å². The molecule has 0 spiro atoms. The number of thiophene rings is 1. The lowest BCUT2D eigenvalue weighted by Gasteiger charge is -2.10. The van der Waals surface area contributed by atoms with Crippen molar-refractivity contribution < 1.29 is 4.79 Å². The Morgan fingerprint density at radius 2 is 2.23 bits per heavy atom. The van der Waals surface area contributed by atoms with E-state index in [1.807, 2.05) is 13.0 Å². The van der Waals surface area contributed by atoms with Gasteiger partial charge in [0, 0.05) is 18.1 Å². The minimum atomic E-state index is -0.405. The van der Waals surface area contributed by atoms with Crippen molar-refractivity contribution in [2.75, 3.05) is 5.43 Å². The smallest absolute Gasteiger partial charge is 0.267 e. The SMILES string of the molecule is CCc1cc2c(=O)n(NC(=O)c3ccnn3C)c(C)nc2s1. The van der Waals surface area contributed by atoms with Crippen molar-refractivity contribution in [3.8, 4) is 0 Å². The fourth-order valence-electron chi connectivity index (χ4n) is 2.19. The number of fused-ring (bicyclic) bond motifs is 1. The van der Waals surface area contributed by atoms with Gasteiger partial charge in [0.1, 0.15) is 16.3 Å². The van der Waals surface area contributed by atoms with Crippen molar-refractivity contribution >= 4 is 27.5 Å². The van der Waals surface area contributed by atoms with Gasteiger partial charge in [-0.3, -0.25) is 19.7 Å². The minimum Gasteiger partial charge on any atom is -0.267 e. The van der Waals surface area contributed by atoms with Crippen molar-refractivity contribution in [2.45, 2.75) is 20.3 Å². The van der Waals surface area contributed by atoms with Crippen molar-refractivity contribution in [1.29, 1.82) is 0 Å². The maximum atomic E-state index is 12.6. The number of rotatable bonds is 3. The van der Waals surface area contributed by atoms with Crippen LogP contribution in [0.3, 0.4) is 0 Å². The molecular formula is C14H15N5O2S. The molecule has 3 aromatic heterocycles. The van der Waals surface area contributed by atoms with E-state index in [9.17, 15) is 9.59 Å². The normalized spacial score (nSPS) is 11.0. The summed E-state index contributed by atoms with van der Waals surface area (Å²) in [6, 6.07) is 3.42. The summed E-state index contributed by atoms with van der Waals surface area (Å²) >= 11 is 1.50. The molecular weight excluding hydrogens is 302 g/mol. The zero-order valence-electron chi connectivity index (χ0n) is 12.5. The first-order valence-corrected chi connectivity index (χ1v) is 7.64. The Labute approximate surface area is 130 Å². The molecule has 8 heteroatoms. The third-order valence-electron chi connectivity index (χ3n) is 3.40. The van der Waals surface area contributed by atoms with E-state index in [1.54, 1.807) is 20.0 Å². The first-order chi connectivity index (χ1) is 10.5. The summed E-state index contributed by atoms with van der Waals surface area (Å²) in [5.41, 5.74) is 2.68. The van der Waals surface area contributed by atoms with E-state index in [4.69, 9.17) is 0 Å². The van der Waals surface area contributed by atoms with Gasteiger partial charge in [-0.25, -0.2) is 9.66 Å². The van der Waals surface area contributed by atoms with Crippen LogP contribution in [0.1, 0.15) is 28.1 Å². The van der Waals surface area contributed by atoms with Crippen molar-refractivity contribution in [2.24, 2.45) is 7.05 Å². The van der Waals surface area contributed by atoms with Crippen LogP contribution in [0, 0.1) is 6.92 Å². The largest absolute Gasteiger partial charge is 0.288 e. The van der Waals surface area contributed by atoms with Crippen LogP contribution in [0.25, 0.3) is 10.2 Å². The second-order valence-electron chi connectivity index (χ2n) is 4.87. The lowest BCUT2D eigenvalue weighted by molar-refractivity contribution is 0.0997. The van der Waals surface area contributed by atoms with Gasteiger partial charge in [0.2, 0.25) is 0 Å². The first-order valence-electron chi connectivity index (χ1n) is 6.82. The molecule has 1 amide bonds. The van der Waals surface area contributed by atoms with E-state index < -0.39 is 5.91 Å². The average molecular weight is 317 g/mol. The number of nitrogens with zero attached hydrogens (tertiary/aromatic N) is 4. The maximum Gasteiger partial charge on any atom is 0.288 e. The first kappa shape index (κ1) is 14.5. The van der Waals surface area contributed by atoms with Crippen molar-refractivity contribution in [1.82, 2.24) is 19.4 Å². The van der Waals surface area contributed by atoms with Crippen LogP contribution in [0.15, 0.2) is 23.1 Å². The molecule has 0 bridgehead atoms. The highest BCUT2D eigenvalue weighted by Crippen LogP contribution is 2.21. The minimum absolute atomic E-state index is 0.269. The summed E-state index contributed by atoms with van der Waals surface area (Å²) in [6.07, 6.45) is 2.37. The molecule has 0 fully saturated rings. The quantitative estimate of drug-likeness (QED) is 0.792. The molecule has 114 valence electrons. The molecule has 0 aromatic carbocycles. The van der Waals surface area contributed by atoms with Crippen LogP contribution >= 0.6 is 11.3 Å². The number of aryl methyl sites for hydroxylation is 3. The Hall–Kier alpha value is -2.48. The predicted octanol–water partition coefficient (Wildman–Crippen LogP) is 1.45. The van der Waals surface area contributed by atoms with Gasteiger partial charge < -0.3 is 0 Å². The Kier molecular flexibility index (Phi) is 3.53. The summed E-state index contributed by atoms with van der Waals surface area (Å²) in [4.78, 5) is 31.0. The number of hydrogen-bond acceptors (Lipinski definition) is 5. The molecule has 3 aromatic rings. The molecule has 0 unspecified atom stereocenters. The van der Waals surface area contributed by atoms with Crippen LogP contribution in [0.2, 0.25) is 0 Å². The van der Waals surface area contributed by atoms with E-state index in [0.29, 0.717) is 21.7 Å². The van der Waals surface area contributed by atoms with Crippen LogP contribution in [-0.2, 0) is 13.5 Å². The highest BCUT2D eigenvalue weighted by Gasteiger charge is 2.15. The summed E-state index contributed by atoms with van der Waals surface area (Å²) in [6.45, 7) is 3.72. The van der Waals surface area contributed by atoms with Crippen molar-refractivity contribution in [3.63, 3.8) is 0 Å². The third kappa shape index (κ3) is 2.31. The number of amides is 1. The second kappa shape index (κ2) is 5.38. The van der Waals surface area contributed by atoms with Crippen molar-refractivity contribution in [3.05, 3.63) is 45.1 Å². The molecule has 3 rings (SSSR count). The molecule has 0 saturated heterocycles. The summed E-state index contributed by atoms with van der Waals surface area (Å²) in [5.74, 6) is 0.0369. The molecule has 0 saturated carbocycles. The molecule has 1 N–H and O–H groups in total. The summed E-state index contributed by atoms with van der Waals surface area (Å²) in [5, 5.41) is 4.47. The van der Waals surface area contributed by atoms with Gasteiger partial charge in [-0.15, -0.1) is 11.3 Å². The van der Waals surface area contributed by atoms with Crippen LogP contribution < -0.4 is 11.0 Å². The highest BCUT2D eigenvalue weighted by molar-refractivity contribution is 7.18. The fraction of sp³-hybridized carbons (Fsp3) is 0.286. The fourth-order valence-corrected chi connectivity index (χ4v) is 3.20. The van der Waals surface area contributed by atoms with Gasteiger partial charge in [0.05, 0.1) is 5.39 Å². The van der Waals surface area contributed by atoms with Gasteiger partial charge in [-0.05, 0) is 25.5 Å². The predicted molar refractivity (Wildman–Crippen MR) is 84.9 cm³/mol. The topological polar surface area (TPSA) is 81.8 Å². The number of aromatic nitrogens is 4. The number of carbonyl (C=O) groups is 1. The summed E-state index contributed by atoms with van der Waals surface area (Å²) in [7, 11) is 1.67. The molecule has 7 nitrogen and oxygen atoms in total. The molecule has 0 aliphatic heterocycles. The Bertz CT molecular complexity index is 921. The van der Waals surface area contributed by atoms with E-state index in [1.165, 1.54) is 26.9 Å². The van der Waals surface area contributed by atoms with Crippen LogP contribution in [0.5, 0.6) is 0 Å². The lowest BCUT2D eigenvalue weighted by Crippen LogP contribution is -2.36. The van der Waals surface area contributed by atoms with Gasteiger partial charge in [-0.1, -0.05) is 6.92 Å². The lowest BCUT2D eigenvalue weighted by atomic mass is 10.3. The van der Waals surface area contributed by atoms with Crippen LogP contribution in [0.4, 0.5) is 0 Å². The Morgan fingerprint density at radius 3 is 2.86 bits per heavy atom. The third-order valence-corrected chi connectivity index (χ3v) is 4.57. The van der Waals surface area contributed by atoms with E-state index in [0.717, 1.165) is 11.3 Å². The van der Waals surface area contributed by atoms with Gasteiger partial charge in [0.25, 0.3) is 11.5 Å². The molecule has 0 atom stereocenters. The number of nitrogens with one attached hydrogen (secondary N) is 1. The van der Waals surface area contributed by atoms with Gasteiger partial charge >= 0.3 is 0 Å². The molecule has 0 aliphatic carbocycles. The zero-order valence-corrected chi connectivity index (χ0v) is 13.3. The average Bonchev–Trinajstić information content (AvgIpc) is 3.09. The zero-order chi connectivity index (χ0) is 15.9. The highest BCUT2D eigenvalue weighted by atomic mass is 32.1. The van der Waals surface area contributed by atoms with E-state index in [-0.39, 0.29) is 5.56 Å².